The molecule has 182 valence electrons. The van der Waals surface area contributed by atoms with Crippen molar-refractivity contribution in [3.63, 3.8) is 0 Å². The standard InChI is InChI=1S/C26H23N5O5/c32-24-16-30(21-6-2-1-5-20(21)28-24)26(34)17-7-10-19(11-8-17)27-25(33)18-9-12-22(23(15-18)31(35)36)29-13-3-4-14-29/h1-2,5-12,15H,3-4,13-14,16H2,(H,27,33)(H,28,32). The summed E-state index contributed by atoms with van der Waals surface area (Å²) in [5.74, 6) is -1.12. The number of amides is 3. The first-order valence-corrected chi connectivity index (χ1v) is 11.6. The highest BCUT2D eigenvalue weighted by Crippen LogP contribution is 2.32. The fourth-order valence-electron chi connectivity index (χ4n) is 4.51. The number of nitrogens with one attached hydrogen (secondary N) is 2. The number of hydrogen-bond donors (Lipinski definition) is 2. The van der Waals surface area contributed by atoms with Gasteiger partial charge in [0.25, 0.3) is 17.5 Å². The molecule has 2 aliphatic rings. The predicted molar refractivity (Wildman–Crippen MR) is 136 cm³/mol. The smallest absolute Gasteiger partial charge is 0.293 e. The zero-order valence-corrected chi connectivity index (χ0v) is 19.3. The van der Waals surface area contributed by atoms with Crippen molar-refractivity contribution in [1.82, 2.24) is 0 Å². The van der Waals surface area contributed by atoms with E-state index in [1.165, 1.54) is 11.0 Å². The van der Waals surface area contributed by atoms with Crippen LogP contribution in [0.25, 0.3) is 0 Å². The second kappa shape index (κ2) is 9.49. The average molecular weight is 486 g/mol. The molecule has 0 unspecified atom stereocenters. The number of para-hydroxylation sites is 2. The molecule has 1 fully saturated rings. The van der Waals surface area contributed by atoms with Crippen LogP contribution in [0.2, 0.25) is 0 Å². The number of hydrogen-bond acceptors (Lipinski definition) is 6. The molecule has 0 aliphatic carbocycles. The molecule has 2 heterocycles. The van der Waals surface area contributed by atoms with Crippen molar-refractivity contribution >= 4 is 46.2 Å². The summed E-state index contributed by atoms with van der Waals surface area (Å²) in [4.78, 5) is 52.5. The maximum atomic E-state index is 13.1. The number of benzene rings is 3. The van der Waals surface area contributed by atoms with E-state index in [1.54, 1.807) is 60.7 Å². The van der Waals surface area contributed by atoms with Crippen LogP contribution < -0.4 is 20.4 Å². The maximum absolute atomic E-state index is 13.1. The zero-order chi connectivity index (χ0) is 25.2. The molecule has 5 rings (SSSR count). The Bertz CT molecular complexity index is 1370. The van der Waals surface area contributed by atoms with Gasteiger partial charge in [-0.3, -0.25) is 29.4 Å². The van der Waals surface area contributed by atoms with Gasteiger partial charge in [0.15, 0.2) is 0 Å². The molecule has 0 saturated carbocycles. The molecular weight excluding hydrogens is 462 g/mol. The SMILES string of the molecule is O=C1CN(C(=O)c2ccc(NC(=O)c3ccc(N4CCCC4)c([N+](=O)[O-])c3)cc2)c2ccccc2N1. The zero-order valence-electron chi connectivity index (χ0n) is 19.3. The minimum absolute atomic E-state index is 0.0967. The lowest BCUT2D eigenvalue weighted by Crippen LogP contribution is -2.42. The summed E-state index contributed by atoms with van der Waals surface area (Å²) in [6.07, 6.45) is 1.96. The van der Waals surface area contributed by atoms with Gasteiger partial charge in [-0.15, -0.1) is 0 Å². The van der Waals surface area contributed by atoms with E-state index in [-0.39, 0.29) is 29.6 Å². The van der Waals surface area contributed by atoms with E-state index < -0.39 is 10.8 Å². The molecular formula is C26H23N5O5. The van der Waals surface area contributed by atoms with Gasteiger partial charge in [-0.05, 0) is 61.4 Å². The fourth-order valence-corrected chi connectivity index (χ4v) is 4.51. The highest BCUT2D eigenvalue weighted by Gasteiger charge is 2.28. The Morgan fingerprint density at radius 3 is 2.33 bits per heavy atom. The third-order valence-corrected chi connectivity index (χ3v) is 6.29. The molecule has 0 radical (unpaired) electrons. The first kappa shape index (κ1) is 23.0. The van der Waals surface area contributed by atoms with Crippen molar-refractivity contribution in [1.29, 1.82) is 0 Å². The Morgan fingerprint density at radius 2 is 1.61 bits per heavy atom. The Labute approximate surface area is 206 Å². The lowest BCUT2D eigenvalue weighted by atomic mass is 10.1. The molecule has 2 aliphatic heterocycles. The summed E-state index contributed by atoms with van der Waals surface area (Å²) in [5.41, 5.74) is 2.54. The third-order valence-electron chi connectivity index (χ3n) is 6.29. The van der Waals surface area contributed by atoms with Gasteiger partial charge >= 0.3 is 0 Å². The van der Waals surface area contributed by atoms with E-state index in [1.807, 2.05) is 4.90 Å². The van der Waals surface area contributed by atoms with Gasteiger partial charge in [-0.1, -0.05) is 12.1 Å². The summed E-state index contributed by atoms with van der Waals surface area (Å²) < 4.78 is 0. The second-order valence-electron chi connectivity index (χ2n) is 8.64. The molecule has 0 aromatic heterocycles. The first-order chi connectivity index (χ1) is 17.4. The van der Waals surface area contributed by atoms with E-state index in [4.69, 9.17) is 0 Å². The van der Waals surface area contributed by atoms with Crippen molar-refractivity contribution in [2.24, 2.45) is 0 Å². The van der Waals surface area contributed by atoms with E-state index in [9.17, 15) is 24.5 Å². The van der Waals surface area contributed by atoms with E-state index in [0.717, 1.165) is 25.9 Å². The van der Waals surface area contributed by atoms with Crippen molar-refractivity contribution in [3.05, 3.63) is 88.0 Å². The molecule has 36 heavy (non-hydrogen) atoms. The molecule has 3 amide bonds. The minimum atomic E-state index is -0.494. The molecule has 0 bridgehead atoms. The highest BCUT2D eigenvalue weighted by molar-refractivity contribution is 6.15. The Morgan fingerprint density at radius 1 is 0.917 bits per heavy atom. The molecule has 2 N–H and O–H groups in total. The molecule has 3 aromatic carbocycles. The Balaban J connectivity index is 1.31. The van der Waals surface area contributed by atoms with Crippen LogP contribution in [0.15, 0.2) is 66.7 Å². The van der Waals surface area contributed by atoms with Crippen LogP contribution in [0.5, 0.6) is 0 Å². The van der Waals surface area contributed by atoms with E-state index in [0.29, 0.717) is 28.3 Å². The Hall–Kier alpha value is -4.73. The number of rotatable bonds is 5. The number of nitrogens with zero attached hydrogens (tertiary/aromatic N) is 3. The van der Waals surface area contributed by atoms with Gasteiger partial charge in [0.05, 0.1) is 16.3 Å². The lowest BCUT2D eigenvalue weighted by molar-refractivity contribution is -0.384. The lowest BCUT2D eigenvalue weighted by Gasteiger charge is -2.29. The minimum Gasteiger partial charge on any atom is -0.366 e. The molecule has 0 atom stereocenters. The second-order valence-corrected chi connectivity index (χ2v) is 8.64. The van der Waals surface area contributed by atoms with Crippen LogP contribution in [0, 0.1) is 10.1 Å². The van der Waals surface area contributed by atoms with Crippen molar-refractivity contribution in [2.75, 3.05) is 40.1 Å². The number of carbonyl (C=O) groups is 3. The molecule has 10 heteroatoms. The molecule has 0 spiro atoms. The van der Waals surface area contributed by atoms with Gasteiger partial charge < -0.3 is 15.5 Å². The van der Waals surface area contributed by atoms with Gasteiger partial charge in [-0.25, -0.2) is 0 Å². The normalized spacial score (nSPS) is 14.7. The fraction of sp³-hybridized carbons (Fsp3) is 0.192. The van der Waals surface area contributed by atoms with Gasteiger partial charge in [0.2, 0.25) is 5.91 Å². The number of anilines is 4. The van der Waals surface area contributed by atoms with E-state index >= 15 is 0 Å². The van der Waals surface area contributed by atoms with Crippen molar-refractivity contribution < 1.29 is 19.3 Å². The van der Waals surface area contributed by atoms with Crippen LogP contribution in [0.3, 0.4) is 0 Å². The van der Waals surface area contributed by atoms with E-state index in [2.05, 4.69) is 10.6 Å². The van der Waals surface area contributed by atoms with Crippen LogP contribution in [0.1, 0.15) is 33.6 Å². The molecule has 3 aromatic rings. The van der Waals surface area contributed by atoms with Crippen LogP contribution in [-0.2, 0) is 4.79 Å². The summed E-state index contributed by atoms with van der Waals surface area (Å²) in [5, 5.41) is 17.1. The van der Waals surface area contributed by atoms with Crippen molar-refractivity contribution in [3.8, 4) is 0 Å². The largest absolute Gasteiger partial charge is 0.366 e. The van der Waals surface area contributed by atoms with Crippen LogP contribution >= 0.6 is 0 Å². The monoisotopic (exact) mass is 485 g/mol. The molecule has 10 nitrogen and oxygen atoms in total. The van der Waals surface area contributed by atoms with Gasteiger partial charge in [-0.2, -0.15) is 0 Å². The summed E-state index contributed by atoms with van der Waals surface area (Å²) >= 11 is 0. The van der Waals surface area contributed by atoms with Gasteiger partial charge in [0.1, 0.15) is 12.2 Å². The number of nitro benzene ring substituents is 1. The summed E-state index contributed by atoms with van der Waals surface area (Å²) in [7, 11) is 0. The quantitative estimate of drug-likeness (QED) is 0.415. The third kappa shape index (κ3) is 4.48. The van der Waals surface area contributed by atoms with Crippen LogP contribution in [0.4, 0.5) is 28.4 Å². The maximum Gasteiger partial charge on any atom is 0.293 e. The Kier molecular flexibility index (Phi) is 6.07. The van der Waals surface area contributed by atoms with Crippen molar-refractivity contribution in [2.45, 2.75) is 12.8 Å². The summed E-state index contributed by atoms with van der Waals surface area (Å²) in [6.45, 7) is 1.41. The topological polar surface area (TPSA) is 125 Å². The predicted octanol–water partition coefficient (Wildman–Crippen LogP) is 4.05. The average Bonchev–Trinajstić information content (AvgIpc) is 3.43. The summed E-state index contributed by atoms with van der Waals surface area (Å²) in [6, 6.07) is 17.8. The van der Waals surface area contributed by atoms with Gasteiger partial charge in [0, 0.05) is 36.0 Å². The highest BCUT2D eigenvalue weighted by atomic mass is 16.6. The number of nitro groups is 1. The molecule has 1 saturated heterocycles. The number of carbonyl (C=O) groups excluding carboxylic acids is 3. The number of fused-ring (bicyclic) bond motifs is 1. The van der Waals surface area contributed by atoms with Crippen LogP contribution in [-0.4, -0.2) is 42.3 Å². The first-order valence-electron chi connectivity index (χ1n) is 11.6.